The van der Waals surface area contributed by atoms with Gasteiger partial charge in [-0.25, -0.2) is 4.79 Å². The molecule has 0 fully saturated rings. The van der Waals surface area contributed by atoms with Crippen molar-refractivity contribution in [1.29, 1.82) is 0 Å². The number of rotatable bonds is 5. The Morgan fingerprint density at radius 3 is 2.63 bits per heavy atom. The number of carbonyl (C=O) groups excluding carboxylic acids is 2. The Kier molecular flexibility index (Phi) is 5.28. The van der Waals surface area contributed by atoms with E-state index in [-0.39, 0.29) is 5.56 Å². The second kappa shape index (κ2) is 6.95. The van der Waals surface area contributed by atoms with Gasteiger partial charge < -0.3 is 15.2 Å². The molecule has 6 heteroatoms. The predicted molar refractivity (Wildman–Crippen MR) is 67.5 cm³/mol. The lowest BCUT2D eigenvalue weighted by molar-refractivity contribution is -0.136. The fourth-order valence-electron chi connectivity index (χ4n) is 1.33. The van der Waals surface area contributed by atoms with Crippen molar-refractivity contribution in [3.05, 3.63) is 41.5 Å². The second-order valence-electron chi connectivity index (χ2n) is 3.52. The molecule has 0 radical (unpaired) electrons. The van der Waals surface area contributed by atoms with E-state index in [1.54, 1.807) is 18.2 Å². The molecule has 1 aromatic carbocycles. The van der Waals surface area contributed by atoms with E-state index in [1.165, 1.54) is 25.3 Å². The SMILES string of the molecule is COC(=O)C=Cc1ccccc1C(=O)NCC(=O)O. The van der Waals surface area contributed by atoms with Crippen LogP contribution < -0.4 is 5.32 Å². The topological polar surface area (TPSA) is 92.7 Å². The van der Waals surface area contributed by atoms with Crippen LogP contribution in [0.15, 0.2) is 30.3 Å². The summed E-state index contributed by atoms with van der Waals surface area (Å²) in [4.78, 5) is 33.1. The van der Waals surface area contributed by atoms with E-state index in [4.69, 9.17) is 5.11 Å². The first-order chi connectivity index (χ1) is 9.04. The Morgan fingerprint density at radius 1 is 1.32 bits per heavy atom. The number of hydrogen-bond acceptors (Lipinski definition) is 4. The summed E-state index contributed by atoms with van der Waals surface area (Å²) in [6, 6.07) is 6.51. The van der Waals surface area contributed by atoms with Crippen molar-refractivity contribution in [1.82, 2.24) is 5.32 Å². The number of amides is 1. The normalized spacial score (nSPS) is 10.2. The molecular formula is C13H13NO5. The molecule has 0 saturated carbocycles. The summed E-state index contributed by atoms with van der Waals surface area (Å²) >= 11 is 0. The van der Waals surface area contributed by atoms with Gasteiger partial charge in [-0.1, -0.05) is 18.2 Å². The van der Waals surface area contributed by atoms with Gasteiger partial charge in [0.1, 0.15) is 6.54 Å². The number of methoxy groups -OCH3 is 1. The molecule has 100 valence electrons. The van der Waals surface area contributed by atoms with Gasteiger partial charge in [0.25, 0.3) is 5.91 Å². The smallest absolute Gasteiger partial charge is 0.330 e. The highest BCUT2D eigenvalue weighted by Gasteiger charge is 2.10. The van der Waals surface area contributed by atoms with Gasteiger partial charge in [-0.15, -0.1) is 0 Å². The van der Waals surface area contributed by atoms with Crippen LogP contribution in [0.5, 0.6) is 0 Å². The van der Waals surface area contributed by atoms with E-state index in [2.05, 4.69) is 10.1 Å². The highest BCUT2D eigenvalue weighted by atomic mass is 16.5. The number of ether oxygens (including phenoxy) is 1. The average molecular weight is 263 g/mol. The van der Waals surface area contributed by atoms with Gasteiger partial charge in [-0.2, -0.15) is 0 Å². The molecule has 0 saturated heterocycles. The van der Waals surface area contributed by atoms with Crippen molar-refractivity contribution in [3.8, 4) is 0 Å². The zero-order chi connectivity index (χ0) is 14.3. The van der Waals surface area contributed by atoms with E-state index in [9.17, 15) is 14.4 Å². The number of aliphatic carboxylic acids is 1. The maximum atomic E-state index is 11.8. The molecule has 0 spiro atoms. The first-order valence-electron chi connectivity index (χ1n) is 5.39. The van der Waals surface area contributed by atoms with Gasteiger partial charge in [-0.05, 0) is 17.7 Å². The Hall–Kier alpha value is -2.63. The minimum Gasteiger partial charge on any atom is -0.480 e. The molecule has 0 unspecified atom stereocenters. The van der Waals surface area contributed by atoms with Gasteiger partial charge >= 0.3 is 11.9 Å². The number of hydrogen-bond donors (Lipinski definition) is 2. The predicted octanol–water partition coefficient (Wildman–Crippen LogP) is 0.687. The number of benzene rings is 1. The van der Waals surface area contributed by atoms with E-state index >= 15 is 0 Å². The Bertz CT molecular complexity index is 522. The Labute approximate surface area is 109 Å². The molecule has 0 aromatic heterocycles. The van der Waals surface area contributed by atoms with Crippen molar-refractivity contribution in [3.63, 3.8) is 0 Å². The standard InChI is InChI=1S/C13H13NO5/c1-19-12(17)7-6-9-4-2-3-5-10(9)13(18)14-8-11(15)16/h2-7H,8H2,1H3,(H,14,18)(H,15,16). The van der Waals surface area contributed by atoms with Crippen molar-refractivity contribution >= 4 is 23.9 Å². The quantitative estimate of drug-likeness (QED) is 0.602. The fraction of sp³-hybridized carbons (Fsp3) is 0.154. The van der Waals surface area contributed by atoms with Crippen molar-refractivity contribution < 1.29 is 24.2 Å². The van der Waals surface area contributed by atoms with Crippen LogP contribution in [0, 0.1) is 0 Å². The summed E-state index contributed by atoms with van der Waals surface area (Å²) in [5, 5.41) is 10.7. The highest BCUT2D eigenvalue weighted by Crippen LogP contribution is 2.10. The third-order valence-electron chi connectivity index (χ3n) is 2.21. The van der Waals surface area contributed by atoms with Crippen LogP contribution in [0.4, 0.5) is 0 Å². The molecule has 0 heterocycles. The van der Waals surface area contributed by atoms with Crippen molar-refractivity contribution in [2.24, 2.45) is 0 Å². The van der Waals surface area contributed by atoms with Gasteiger partial charge in [0.2, 0.25) is 0 Å². The lowest BCUT2D eigenvalue weighted by Gasteiger charge is -2.05. The van der Waals surface area contributed by atoms with Crippen molar-refractivity contribution in [2.45, 2.75) is 0 Å². The maximum Gasteiger partial charge on any atom is 0.330 e. The monoisotopic (exact) mass is 263 g/mol. The van der Waals surface area contributed by atoms with E-state index in [0.29, 0.717) is 5.56 Å². The zero-order valence-corrected chi connectivity index (χ0v) is 10.3. The minimum atomic E-state index is -1.13. The van der Waals surface area contributed by atoms with Gasteiger partial charge in [0, 0.05) is 11.6 Å². The molecule has 0 bridgehead atoms. The summed E-state index contributed by atoms with van der Waals surface area (Å²) in [6.45, 7) is -0.464. The summed E-state index contributed by atoms with van der Waals surface area (Å²) in [7, 11) is 1.25. The first kappa shape index (κ1) is 14.4. The number of carboxylic acid groups (broad SMARTS) is 1. The summed E-state index contributed by atoms with van der Waals surface area (Å²) < 4.78 is 4.45. The van der Waals surface area contributed by atoms with Gasteiger partial charge in [0.15, 0.2) is 0 Å². The number of nitrogens with one attached hydrogen (secondary N) is 1. The summed E-state index contributed by atoms with van der Waals surface area (Å²) in [6.07, 6.45) is 2.62. The largest absolute Gasteiger partial charge is 0.480 e. The van der Waals surface area contributed by atoms with Crippen LogP contribution in [0.2, 0.25) is 0 Å². The molecule has 6 nitrogen and oxygen atoms in total. The van der Waals surface area contributed by atoms with Crippen LogP contribution in [0.1, 0.15) is 15.9 Å². The van der Waals surface area contributed by atoms with Crippen LogP contribution >= 0.6 is 0 Å². The lowest BCUT2D eigenvalue weighted by atomic mass is 10.1. The van der Waals surface area contributed by atoms with Crippen molar-refractivity contribution in [2.75, 3.05) is 13.7 Å². The average Bonchev–Trinajstić information content (AvgIpc) is 2.42. The summed E-state index contributed by atoms with van der Waals surface area (Å²) in [5.41, 5.74) is 0.777. The zero-order valence-electron chi connectivity index (χ0n) is 10.3. The first-order valence-corrected chi connectivity index (χ1v) is 5.39. The number of carbonyl (C=O) groups is 3. The maximum absolute atomic E-state index is 11.8. The molecule has 19 heavy (non-hydrogen) atoms. The second-order valence-corrected chi connectivity index (χ2v) is 3.52. The number of esters is 1. The lowest BCUT2D eigenvalue weighted by Crippen LogP contribution is -2.29. The van der Waals surface area contributed by atoms with Gasteiger partial charge in [-0.3, -0.25) is 9.59 Å². The van der Waals surface area contributed by atoms with Crippen LogP contribution in [0.25, 0.3) is 6.08 Å². The third kappa shape index (κ3) is 4.63. The molecular weight excluding hydrogens is 250 g/mol. The molecule has 0 aliphatic rings. The van der Waals surface area contributed by atoms with E-state index in [1.807, 2.05) is 0 Å². The van der Waals surface area contributed by atoms with Crippen LogP contribution in [-0.4, -0.2) is 36.6 Å². The highest BCUT2D eigenvalue weighted by molar-refractivity contribution is 6.00. The Balaban J connectivity index is 2.89. The number of carboxylic acids is 1. The van der Waals surface area contributed by atoms with Crippen LogP contribution in [-0.2, 0) is 14.3 Å². The molecule has 0 aliphatic heterocycles. The van der Waals surface area contributed by atoms with E-state index in [0.717, 1.165) is 0 Å². The van der Waals surface area contributed by atoms with Crippen LogP contribution in [0.3, 0.4) is 0 Å². The molecule has 1 aromatic rings. The molecule has 0 aliphatic carbocycles. The summed E-state index contributed by atoms with van der Waals surface area (Å²) in [5.74, 6) is -2.19. The molecule has 0 atom stereocenters. The Morgan fingerprint density at radius 2 is 2.00 bits per heavy atom. The molecule has 2 N–H and O–H groups in total. The molecule has 1 rings (SSSR count). The van der Waals surface area contributed by atoms with Gasteiger partial charge in [0.05, 0.1) is 7.11 Å². The third-order valence-corrected chi connectivity index (χ3v) is 2.21. The van der Waals surface area contributed by atoms with E-state index < -0.39 is 24.4 Å². The fourth-order valence-corrected chi connectivity index (χ4v) is 1.33. The molecule has 1 amide bonds. The minimum absolute atomic E-state index is 0.281.